The van der Waals surface area contributed by atoms with E-state index in [1.165, 1.54) is 25.3 Å². The van der Waals surface area contributed by atoms with E-state index in [-0.39, 0.29) is 11.3 Å². The minimum Gasteiger partial charge on any atom is -0.465 e. The Morgan fingerprint density at radius 1 is 1.59 bits per heavy atom. The van der Waals surface area contributed by atoms with E-state index in [4.69, 9.17) is 0 Å². The fraction of sp³-hybridized carbons (Fsp3) is 0.182. The van der Waals surface area contributed by atoms with Crippen molar-refractivity contribution in [1.29, 1.82) is 0 Å². The highest BCUT2D eigenvalue weighted by Gasteiger charge is 2.15. The van der Waals surface area contributed by atoms with Crippen LogP contribution < -0.4 is 0 Å². The number of nitro benzene ring substituents is 1. The summed E-state index contributed by atoms with van der Waals surface area (Å²) in [4.78, 5) is 21.5. The average molecular weight is 253 g/mol. The van der Waals surface area contributed by atoms with Crippen molar-refractivity contribution >= 4 is 30.4 Å². The first kappa shape index (κ1) is 13.2. The lowest BCUT2D eigenvalue weighted by Gasteiger charge is -2.01. The molecule has 5 nitrogen and oxygen atoms in total. The van der Waals surface area contributed by atoms with Gasteiger partial charge in [0.1, 0.15) is 0 Å². The van der Waals surface area contributed by atoms with Gasteiger partial charge in [-0.1, -0.05) is 12.2 Å². The summed E-state index contributed by atoms with van der Waals surface area (Å²) in [6.45, 7) is 0. The number of benzene rings is 1. The van der Waals surface area contributed by atoms with Crippen molar-refractivity contribution in [1.82, 2.24) is 0 Å². The van der Waals surface area contributed by atoms with Crippen LogP contribution in [0.25, 0.3) is 6.08 Å². The number of hydrogen-bond donors (Lipinski definition) is 1. The van der Waals surface area contributed by atoms with Crippen LogP contribution in [0.5, 0.6) is 0 Å². The smallest absolute Gasteiger partial charge is 0.338 e. The molecule has 1 rings (SSSR count). The van der Waals surface area contributed by atoms with E-state index in [1.807, 2.05) is 0 Å². The number of methoxy groups -OCH3 is 1. The first-order chi connectivity index (χ1) is 8.10. The van der Waals surface area contributed by atoms with E-state index >= 15 is 0 Å². The van der Waals surface area contributed by atoms with Crippen LogP contribution in [0.4, 0.5) is 5.69 Å². The molecule has 0 radical (unpaired) electrons. The quantitative estimate of drug-likeness (QED) is 0.387. The maximum absolute atomic E-state index is 11.2. The monoisotopic (exact) mass is 253 g/mol. The molecule has 6 heteroatoms. The molecule has 1 aromatic rings. The fourth-order valence-corrected chi connectivity index (χ4v) is 1.37. The third kappa shape index (κ3) is 3.32. The SMILES string of the molecule is COC(=O)c1ccc(C=CCS)c([N+](=O)[O-])c1. The van der Waals surface area contributed by atoms with Gasteiger partial charge >= 0.3 is 5.97 Å². The van der Waals surface area contributed by atoms with Crippen molar-refractivity contribution in [2.24, 2.45) is 0 Å². The maximum atomic E-state index is 11.2. The molecule has 90 valence electrons. The molecule has 0 bridgehead atoms. The second kappa shape index (κ2) is 6.05. The van der Waals surface area contributed by atoms with Crippen LogP contribution in [0.2, 0.25) is 0 Å². The molecule has 0 saturated heterocycles. The highest BCUT2D eigenvalue weighted by atomic mass is 32.1. The number of carbonyl (C=O) groups excluding carboxylic acids is 1. The standard InChI is InChI=1S/C11H11NO4S/c1-16-11(13)9-5-4-8(3-2-6-17)10(7-9)12(14)15/h2-5,7,17H,6H2,1H3. The molecule has 1 aromatic carbocycles. The van der Waals surface area contributed by atoms with Gasteiger partial charge in [-0.15, -0.1) is 0 Å². The van der Waals surface area contributed by atoms with E-state index in [0.29, 0.717) is 11.3 Å². The third-order valence-corrected chi connectivity index (χ3v) is 2.26. The molecule has 0 aliphatic carbocycles. The molecule has 0 atom stereocenters. The molecule has 0 heterocycles. The number of carbonyl (C=O) groups is 1. The van der Waals surface area contributed by atoms with Crippen LogP contribution in [-0.4, -0.2) is 23.8 Å². The molecule has 0 spiro atoms. The lowest BCUT2D eigenvalue weighted by Crippen LogP contribution is -2.02. The topological polar surface area (TPSA) is 69.4 Å². The number of nitrogens with zero attached hydrogens (tertiary/aromatic N) is 1. The molecule has 0 saturated carbocycles. The van der Waals surface area contributed by atoms with Crippen LogP contribution >= 0.6 is 12.6 Å². The Morgan fingerprint density at radius 2 is 2.29 bits per heavy atom. The third-order valence-electron chi connectivity index (χ3n) is 2.05. The zero-order valence-corrected chi connectivity index (χ0v) is 10.0. The van der Waals surface area contributed by atoms with Crippen LogP contribution in [0.15, 0.2) is 24.3 Å². The first-order valence-corrected chi connectivity index (χ1v) is 5.37. The summed E-state index contributed by atoms with van der Waals surface area (Å²) >= 11 is 3.97. The Labute approximate surface area is 104 Å². The lowest BCUT2D eigenvalue weighted by molar-refractivity contribution is -0.385. The van der Waals surface area contributed by atoms with Crippen LogP contribution in [0, 0.1) is 10.1 Å². The Kier molecular flexibility index (Phi) is 4.71. The van der Waals surface area contributed by atoms with Crippen LogP contribution in [0.3, 0.4) is 0 Å². The summed E-state index contributed by atoms with van der Waals surface area (Å²) in [5.74, 6) is -0.117. The summed E-state index contributed by atoms with van der Waals surface area (Å²) in [7, 11) is 1.23. The molecular weight excluding hydrogens is 242 g/mol. The summed E-state index contributed by atoms with van der Waals surface area (Å²) in [5, 5.41) is 10.8. The first-order valence-electron chi connectivity index (χ1n) is 4.74. The van der Waals surface area contributed by atoms with E-state index < -0.39 is 10.9 Å². The second-order valence-electron chi connectivity index (χ2n) is 3.11. The Morgan fingerprint density at radius 3 is 2.82 bits per heavy atom. The number of thiol groups is 1. The van der Waals surface area contributed by atoms with Gasteiger partial charge in [-0.2, -0.15) is 12.6 Å². The van der Waals surface area contributed by atoms with Gasteiger partial charge in [0.15, 0.2) is 0 Å². The molecule has 0 fully saturated rings. The van der Waals surface area contributed by atoms with E-state index in [0.717, 1.165) is 0 Å². The summed E-state index contributed by atoms with van der Waals surface area (Å²) in [5.41, 5.74) is 0.449. The molecular formula is C11H11NO4S. The van der Waals surface area contributed by atoms with Gasteiger partial charge < -0.3 is 4.74 Å². The van der Waals surface area contributed by atoms with E-state index in [1.54, 1.807) is 12.2 Å². The number of ether oxygens (including phenoxy) is 1. The average Bonchev–Trinajstić information content (AvgIpc) is 2.35. The highest BCUT2D eigenvalue weighted by Crippen LogP contribution is 2.22. The highest BCUT2D eigenvalue weighted by molar-refractivity contribution is 7.80. The predicted octanol–water partition coefficient (Wildman–Crippen LogP) is 2.32. The summed E-state index contributed by atoms with van der Waals surface area (Å²) in [6, 6.07) is 4.19. The number of rotatable bonds is 4. The van der Waals surface area contributed by atoms with E-state index in [2.05, 4.69) is 17.4 Å². The Bertz CT molecular complexity index is 471. The zero-order chi connectivity index (χ0) is 12.8. The Hall–Kier alpha value is -1.82. The number of nitro groups is 1. The van der Waals surface area contributed by atoms with Crippen LogP contribution in [0.1, 0.15) is 15.9 Å². The van der Waals surface area contributed by atoms with Crippen LogP contribution in [-0.2, 0) is 4.74 Å². The van der Waals surface area contributed by atoms with Gasteiger partial charge in [0.2, 0.25) is 0 Å². The lowest BCUT2D eigenvalue weighted by atomic mass is 10.1. The Balaban J connectivity index is 3.22. The largest absolute Gasteiger partial charge is 0.465 e. The van der Waals surface area contributed by atoms with Crippen molar-refractivity contribution in [3.8, 4) is 0 Å². The molecule has 0 N–H and O–H groups in total. The minimum atomic E-state index is -0.599. The minimum absolute atomic E-state index is 0.133. The van der Waals surface area contributed by atoms with Gasteiger partial charge in [0, 0.05) is 11.8 Å². The van der Waals surface area contributed by atoms with Crippen molar-refractivity contribution in [2.75, 3.05) is 12.9 Å². The number of esters is 1. The van der Waals surface area contributed by atoms with Crippen molar-refractivity contribution < 1.29 is 14.5 Å². The van der Waals surface area contributed by atoms with Gasteiger partial charge in [0.25, 0.3) is 5.69 Å². The van der Waals surface area contributed by atoms with Gasteiger partial charge in [-0.3, -0.25) is 10.1 Å². The predicted molar refractivity (Wildman–Crippen MR) is 67.3 cm³/mol. The summed E-state index contributed by atoms with van der Waals surface area (Å²) < 4.78 is 4.50. The normalized spacial score (nSPS) is 10.5. The molecule has 0 amide bonds. The summed E-state index contributed by atoms with van der Waals surface area (Å²) in [6.07, 6.45) is 3.27. The fourth-order valence-electron chi connectivity index (χ4n) is 1.27. The van der Waals surface area contributed by atoms with Gasteiger partial charge in [-0.05, 0) is 12.1 Å². The zero-order valence-electron chi connectivity index (χ0n) is 9.12. The van der Waals surface area contributed by atoms with Crippen molar-refractivity contribution in [2.45, 2.75) is 0 Å². The van der Waals surface area contributed by atoms with E-state index in [9.17, 15) is 14.9 Å². The molecule has 17 heavy (non-hydrogen) atoms. The maximum Gasteiger partial charge on any atom is 0.338 e. The van der Waals surface area contributed by atoms with Gasteiger partial charge in [0.05, 0.1) is 23.2 Å². The van der Waals surface area contributed by atoms with Crippen molar-refractivity contribution in [3.05, 3.63) is 45.5 Å². The molecule has 0 unspecified atom stereocenters. The molecule has 0 aromatic heterocycles. The second-order valence-corrected chi connectivity index (χ2v) is 3.47. The number of hydrogen-bond acceptors (Lipinski definition) is 5. The molecule has 0 aliphatic heterocycles. The molecule has 0 aliphatic rings. The van der Waals surface area contributed by atoms with Crippen molar-refractivity contribution in [3.63, 3.8) is 0 Å². The van der Waals surface area contributed by atoms with Gasteiger partial charge in [-0.25, -0.2) is 4.79 Å².